The molecule has 3 N–H and O–H groups in total. The highest BCUT2D eigenvalue weighted by molar-refractivity contribution is 5.82. The van der Waals surface area contributed by atoms with Crippen LogP contribution in [0.15, 0.2) is 0 Å². The number of aldehydes is 1. The number of rotatable bonds is 17. The summed E-state index contributed by atoms with van der Waals surface area (Å²) in [6.45, 7) is 8.02. The van der Waals surface area contributed by atoms with Gasteiger partial charge in [0.25, 0.3) is 0 Å². The van der Waals surface area contributed by atoms with Crippen LogP contribution in [0.5, 0.6) is 0 Å². The van der Waals surface area contributed by atoms with Crippen LogP contribution in [0, 0.1) is 17.8 Å². The summed E-state index contributed by atoms with van der Waals surface area (Å²) in [7, 11) is 0. The highest BCUT2D eigenvalue weighted by atomic mass is 16.3. The van der Waals surface area contributed by atoms with Gasteiger partial charge in [-0.25, -0.2) is 0 Å². The van der Waals surface area contributed by atoms with Gasteiger partial charge < -0.3 is 20.1 Å². The van der Waals surface area contributed by atoms with Crippen molar-refractivity contribution in [2.24, 2.45) is 17.8 Å². The molecule has 5 heteroatoms. The second kappa shape index (κ2) is 26.8. The minimum atomic E-state index is -0.954. The molecule has 0 heterocycles. The van der Waals surface area contributed by atoms with Gasteiger partial charge in [-0.3, -0.25) is 4.79 Å². The molecule has 1 rings (SSSR count). The van der Waals surface area contributed by atoms with Crippen LogP contribution in [-0.2, 0) is 9.59 Å². The molecule has 0 aliphatic heterocycles. The fourth-order valence-corrected chi connectivity index (χ4v) is 4.23. The quantitative estimate of drug-likeness (QED) is 0.158. The van der Waals surface area contributed by atoms with Gasteiger partial charge in [0.1, 0.15) is 18.2 Å². The molecule has 1 aliphatic carbocycles. The lowest BCUT2D eigenvalue weighted by atomic mass is 9.77. The zero-order valence-corrected chi connectivity index (χ0v) is 23.0. The fraction of sp³-hybridized carbons (Fsp3) is 0.931. The van der Waals surface area contributed by atoms with Crippen LogP contribution in [0.4, 0.5) is 0 Å². The lowest BCUT2D eigenvalue weighted by molar-refractivity contribution is -0.127. The number of unbranched alkanes of at least 4 members (excludes halogenated alkanes) is 13. The Balaban J connectivity index is 0. The number of Topliss-reactive ketones (excluding diaryl/α,β-unsaturated/α-hetero) is 1. The van der Waals surface area contributed by atoms with E-state index < -0.39 is 6.10 Å². The molecule has 0 bridgehead atoms. The molecule has 0 aromatic carbocycles. The average Bonchev–Trinajstić information content (AvgIpc) is 2.82. The molecule has 2 unspecified atom stereocenters. The Morgan fingerprint density at radius 3 is 1.59 bits per heavy atom. The Labute approximate surface area is 211 Å². The number of ketones is 1. The maximum absolute atomic E-state index is 11.4. The van der Waals surface area contributed by atoms with Gasteiger partial charge in [-0.15, -0.1) is 0 Å². The van der Waals surface area contributed by atoms with Gasteiger partial charge in [0, 0.05) is 18.8 Å². The molecule has 1 fully saturated rings. The molecule has 204 valence electrons. The summed E-state index contributed by atoms with van der Waals surface area (Å²) >= 11 is 0. The Bertz CT molecular complexity index is 434. The standard InChI is InChI=1S/C16H32O.C10H18O.C3H8O3/c1-2-3-4-5-6-7-8-9-10-11-12-13-14-15-16-17;1-7(2)9-5-4-8(3)6-10(9)11;4-1-3(6)2-5/h16H,2-15H2,1H3;7-9H,4-6H2,1-3H3;3-6H,1-2H2. The molecule has 2 atom stereocenters. The van der Waals surface area contributed by atoms with Crippen molar-refractivity contribution in [1.29, 1.82) is 0 Å². The number of carbonyl (C=O) groups excluding carboxylic acids is 2. The first kappa shape index (κ1) is 35.4. The van der Waals surface area contributed by atoms with E-state index in [1.165, 1.54) is 83.5 Å². The van der Waals surface area contributed by atoms with Gasteiger partial charge in [-0.2, -0.15) is 0 Å². The summed E-state index contributed by atoms with van der Waals surface area (Å²) in [5.74, 6) is 2.05. The molecule has 0 saturated heterocycles. The lowest BCUT2D eigenvalue weighted by Crippen LogP contribution is -2.27. The predicted octanol–water partition coefficient (Wildman–Crippen LogP) is 6.65. The lowest BCUT2D eigenvalue weighted by Gasteiger charge is -2.27. The maximum Gasteiger partial charge on any atom is 0.136 e. The fourth-order valence-electron chi connectivity index (χ4n) is 4.23. The number of aliphatic hydroxyl groups excluding tert-OH is 3. The molecule has 1 aliphatic rings. The van der Waals surface area contributed by atoms with Crippen molar-refractivity contribution in [3.63, 3.8) is 0 Å². The van der Waals surface area contributed by atoms with Crippen molar-refractivity contribution in [2.45, 2.75) is 143 Å². The topological polar surface area (TPSA) is 94.8 Å². The van der Waals surface area contributed by atoms with Crippen molar-refractivity contribution in [1.82, 2.24) is 0 Å². The highest BCUT2D eigenvalue weighted by Gasteiger charge is 2.28. The summed E-state index contributed by atoms with van der Waals surface area (Å²) < 4.78 is 0. The average molecular weight is 487 g/mol. The summed E-state index contributed by atoms with van der Waals surface area (Å²) in [5, 5.41) is 24.0. The van der Waals surface area contributed by atoms with Crippen LogP contribution in [-0.4, -0.2) is 46.7 Å². The van der Waals surface area contributed by atoms with E-state index in [1.54, 1.807) is 0 Å². The number of aliphatic hydroxyl groups is 3. The first-order valence-corrected chi connectivity index (χ1v) is 14.2. The predicted molar refractivity (Wildman–Crippen MR) is 143 cm³/mol. The molecule has 1 saturated carbocycles. The van der Waals surface area contributed by atoms with Crippen molar-refractivity contribution < 1.29 is 24.9 Å². The molecule has 0 spiro atoms. The van der Waals surface area contributed by atoms with Crippen molar-refractivity contribution in [3.8, 4) is 0 Å². The van der Waals surface area contributed by atoms with Crippen LogP contribution in [0.3, 0.4) is 0 Å². The van der Waals surface area contributed by atoms with E-state index in [0.717, 1.165) is 32.0 Å². The Kier molecular flexibility index (Phi) is 27.9. The third-order valence-electron chi connectivity index (χ3n) is 6.59. The molecule has 0 radical (unpaired) electrons. The van der Waals surface area contributed by atoms with E-state index >= 15 is 0 Å². The Morgan fingerprint density at radius 2 is 1.26 bits per heavy atom. The monoisotopic (exact) mass is 486 g/mol. The molecule has 34 heavy (non-hydrogen) atoms. The highest BCUT2D eigenvalue weighted by Crippen LogP contribution is 2.30. The van der Waals surface area contributed by atoms with Gasteiger partial charge >= 0.3 is 0 Å². The molecular formula is C29H58O5. The minimum Gasteiger partial charge on any atom is -0.394 e. The number of hydrogen-bond acceptors (Lipinski definition) is 5. The third kappa shape index (κ3) is 24.3. The van der Waals surface area contributed by atoms with Gasteiger partial charge in [0.05, 0.1) is 13.2 Å². The van der Waals surface area contributed by atoms with E-state index in [4.69, 9.17) is 15.3 Å². The van der Waals surface area contributed by atoms with Gasteiger partial charge in [-0.1, -0.05) is 105 Å². The van der Waals surface area contributed by atoms with Crippen molar-refractivity contribution >= 4 is 12.1 Å². The second-order valence-corrected chi connectivity index (χ2v) is 10.4. The molecular weight excluding hydrogens is 428 g/mol. The van der Waals surface area contributed by atoms with E-state index in [2.05, 4.69) is 27.7 Å². The number of carbonyl (C=O) groups is 2. The second-order valence-electron chi connectivity index (χ2n) is 10.4. The maximum atomic E-state index is 11.4. The zero-order valence-electron chi connectivity index (χ0n) is 23.0. The minimum absolute atomic E-state index is 0.365. The first-order valence-electron chi connectivity index (χ1n) is 14.2. The normalized spacial score (nSPS) is 17.7. The largest absolute Gasteiger partial charge is 0.394 e. The van der Waals surface area contributed by atoms with Crippen LogP contribution < -0.4 is 0 Å². The summed E-state index contributed by atoms with van der Waals surface area (Å²) in [5.41, 5.74) is 0. The van der Waals surface area contributed by atoms with Crippen LogP contribution in [0.2, 0.25) is 0 Å². The van der Waals surface area contributed by atoms with Gasteiger partial charge in [0.2, 0.25) is 0 Å². The van der Waals surface area contributed by atoms with E-state index in [0.29, 0.717) is 23.5 Å². The van der Waals surface area contributed by atoms with Crippen LogP contribution >= 0.6 is 0 Å². The first-order chi connectivity index (χ1) is 16.3. The SMILES string of the molecule is CC1CCC(C(C)C)C(=O)C1.CCCCCCCCCCCCCCCC=O.OCC(O)CO. The molecule has 0 aromatic heterocycles. The summed E-state index contributed by atoms with van der Waals surface area (Å²) in [6.07, 6.45) is 21.9. The van der Waals surface area contributed by atoms with Gasteiger partial charge in [-0.05, 0) is 31.1 Å². The molecule has 0 amide bonds. The molecule has 0 aromatic rings. The third-order valence-corrected chi connectivity index (χ3v) is 6.59. The summed E-state index contributed by atoms with van der Waals surface area (Å²) in [4.78, 5) is 21.6. The van der Waals surface area contributed by atoms with Crippen molar-refractivity contribution in [2.75, 3.05) is 13.2 Å². The molecule has 5 nitrogen and oxygen atoms in total. The smallest absolute Gasteiger partial charge is 0.136 e. The van der Waals surface area contributed by atoms with Gasteiger partial charge in [0.15, 0.2) is 0 Å². The Hall–Kier alpha value is -0.780. The number of hydrogen-bond donors (Lipinski definition) is 3. The summed E-state index contributed by atoms with van der Waals surface area (Å²) in [6, 6.07) is 0. The van der Waals surface area contributed by atoms with Crippen LogP contribution in [0.1, 0.15) is 137 Å². The Morgan fingerprint density at radius 1 is 0.824 bits per heavy atom. The zero-order chi connectivity index (χ0) is 26.0. The van der Waals surface area contributed by atoms with Crippen molar-refractivity contribution in [3.05, 3.63) is 0 Å². The van der Waals surface area contributed by atoms with Crippen LogP contribution in [0.25, 0.3) is 0 Å². The van der Waals surface area contributed by atoms with E-state index in [1.807, 2.05) is 0 Å². The van der Waals surface area contributed by atoms with E-state index in [9.17, 15) is 9.59 Å². The van der Waals surface area contributed by atoms with E-state index in [-0.39, 0.29) is 13.2 Å².